The zero-order valence-electron chi connectivity index (χ0n) is 6.15. The van der Waals surface area contributed by atoms with Crippen LogP contribution in [-0.4, -0.2) is 29.0 Å². The van der Waals surface area contributed by atoms with E-state index in [2.05, 4.69) is 5.32 Å². The number of rotatable bonds is 3. The van der Waals surface area contributed by atoms with Gasteiger partial charge in [0.25, 0.3) is 0 Å². The van der Waals surface area contributed by atoms with Gasteiger partial charge in [-0.2, -0.15) is 0 Å². The molecule has 0 radical (unpaired) electrons. The minimum atomic E-state index is -0.859. The Kier molecular flexibility index (Phi) is 3.68. The Hall–Kier alpha value is -0.280. The number of aliphatic hydroxyl groups is 1. The fourth-order valence-corrected chi connectivity index (χ4v) is 0.457. The first-order valence-electron chi connectivity index (χ1n) is 3.01. The Balaban J connectivity index is 3.46. The number of nitrogens with one attached hydrogen (secondary N) is 1. The smallest absolute Gasteiger partial charge is 0.235 e. The lowest BCUT2D eigenvalue weighted by Crippen LogP contribution is -2.38. The summed E-state index contributed by atoms with van der Waals surface area (Å²) in [7, 11) is 0. The molecule has 3 nitrogen and oxygen atoms in total. The Labute approximate surface area is 65.4 Å². The summed E-state index contributed by atoms with van der Waals surface area (Å²) in [6.45, 7) is 3.46. The number of amides is 1. The van der Waals surface area contributed by atoms with Crippen LogP contribution in [0.2, 0.25) is 0 Å². The summed E-state index contributed by atoms with van der Waals surface area (Å²) in [5, 5.41) is 11.6. The van der Waals surface area contributed by atoms with Crippen molar-refractivity contribution in [3.63, 3.8) is 0 Å². The molecule has 0 saturated carbocycles. The van der Waals surface area contributed by atoms with E-state index < -0.39 is 5.60 Å². The third-order valence-corrected chi connectivity index (χ3v) is 1.08. The molecular formula is C6H12ClNO2. The number of hydrogen-bond acceptors (Lipinski definition) is 2. The second-order valence-corrected chi connectivity index (χ2v) is 2.99. The van der Waals surface area contributed by atoms with Gasteiger partial charge >= 0.3 is 0 Å². The molecule has 0 bridgehead atoms. The molecule has 0 atom stereocenters. The molecule has 0 rings (SSSR count). The zero-order valence-corrected chi connectivity index (χ0v) is 6.90. The maximum absolute atomic E-state index is 10.5. The van der Waals surface area contributed by atoms with Crippen LogP contribution in [0, 0.1) is 0 Å². The molecule has 0 saturated heterocycles. The molecule has 60 valence electrons. The third-order valence-electron chi connectivity index (χ3n) is 0.840. The lowest BCUT2D eigenvalue weighted by atomic mass is 10.1. The Bertz CT molecular complexity index is 119. The van der Waals surface area contributed by atoms with Crippen LogP contribution in [0.3, 0.4) is 0 Å². The summed E-state index contributed by atoms with van der Waals surface area (Å²) in [6, 6.07) is 0. The van der Waals surface area contributed by atoms with Crippen molar-refractivity contribution in [3.05, 3.63) is 0 Å². The van der Waals surface area contributed by atoms with Crippen molar-refractivity contribution in [2.24, 2.45) is 0 Å². The van der Waals surface area contributed by atoms with Gasteiger partial charge in [-0.15, -0.1) is 11.6 Å². The molecular weight excluding hydrogens is 154 g/mol. The van der Waals surface area contributed by atoms with Crippen LogP contribution in [0.4, 0.5) is 0 Å². The Morgan fingerprint density at radius 2 is 2.20 bits per heavy atom. The summed E-state index contributed by atoms with van der Waals surface area (Å²) >= 11 is 5.19. The molecule has 0 aliphatic heterocycles. The van der Waals surface area contributed by atoms with Crippen LogP contribution >= 0.6 is 11.6 Å². The molecule has 4 heteroatoms. The van der Waals surface area contributed by atoms with Crippen LogP contribution in [0.1, 0.15) is 13.8 Å². The van der Waals surface area contributed by atoms with Crippen LogP contribution in [0.25, 0.3) is 0 Å². The van der Waals surface area contributed by atoms with Crippen molar-refractivity contribution in [1.82, 2.24) is 5.32 Å². The van der Waals surface area contributed by atoms with Gasteiger partial charge in [-0.25, -0.2) is 0 Å². The summed E-state index contributed by atoms with van der Waals surface area (Å²) in [5.41, 5.74) is -0.859. The highest BCUT2D eigenvalue weighted by Gasteiger charge is 2.12. The largest absolute Gasteiger partial charge is 0.389 e. The van der Waals surface area contributed by atoms with Gasteiger partial charge < -0.3 is 10.4 Å². The van der Waals surface area contributed by atoms with Gasteiger partial charge in [-0.1, -0.05) is 0 Å². The summed E-state index contributed by atoms with van der Waals surface area (Å²) in [4.78, 5) is 10.5. The minimum Gasteiger partial charge on any atom is -0.389 e. The number of carbonyl (C=O) groups excluding carboxylic acids is 1. The molecule has 0 aromatic carbocycles. The first-order chi connectivity index (χ1) is 4.45. The molecule has 0 aromatic rings. The molecule has 0 aliphatic rings. The van der Waals surface area contributed by atoms with E-state index in [1.807, 2.05) is 0 Å². The zero-order chi connectivity index (χ0) is 8.20. The molecule has 0 aromatic heterocycles. The van der Waals surface area contributed by atoms with E-state index in [9.17, 15) is 4.79 Å². The monoisotopic (exact) mass is 165 g/mol. The highest BCUT2D eigenvalue weighted by atomic mass is 35.5. The number of halogens is 1. The van der Waals surface area contributed by atoms with Gasteiger partial charge in [-0.3, -0.25) is 4.79 Å². The molecule has 10 heavy (non-hydrogen) atoms. The van der Waals surface area contributed by atoms with Gasteiger partial charge in [0.15, 0.2) is 0 Å². The normalized spacial score (nSPS) is 11.2. The Morgan fingerprint density at radius 3 is 2.50 bits per heavy atom. The van der Waals surface area contributed by atoms with Gasteiger partial charge in [0.2, 0.25) is 5.91 Å². The quantitative estimate of drug-likeness (QED) is 0.584. The average molecular weight is 166 g/mol. The predicted molar refractivity (Wildman–Crippen MR) is 40.0 cm³/mol. The summed E-state index contributed by atoms with van der Waals surface area (Å²) in [6.07, 6.45) is 0. The SMILES string of the molecule is CC(C)(O)CNC(=O)CCl. The summed E-state index contributed by atoms with van der Waals surface area (Å²) in [5.74, 6) is -0.320. The number of hydrogen-bond donors (Lipinski definition) is 2. The van der Waals surface area contributed by atoms with Crippen molar-refractivity contribution in [3.8, 4) is 0 Å². The molecule has 0 aliphatic carbocycles. The van der Waals surface area contributed by atoms with Crippen molar-refractivity contribution in [2.75, 3.05) is 12.4 Å². The van der Waals surface area contributed by atoms with E-state index >= 15 is 0 Å². The fraction of sp³-hybridized carbons (Fsp3) is 0.833. The van der Waals surface area contributed by atoms with E-state index in [0.29, 0.717) is 0 Å². The van der Waals surface area contributed by atoms with Crippen LogP contribution < -0.4 is 5.32 Å². The van der Waals surface area contributed by atoms with Gasteiger partial charge in [0, 0.05) is 6.54 Å². The topological polar surface area (TPSA) is 49.3 Å². The second-order valence-electron chi connectivity index (χ2n) is 2.72. The molecule has 2 N–H and O–H groups in total. The van der Waals surface area contributed by atoms with Gasteiger partial charge in [0.1, 0.15) is 5.88 Å². The van der Waals surface area contributed by atoms with Crippen molar-refractivity contribution >= 4 is 17.5 Å². The van der Waals surface area contributed by atoms with Crippen molar-refractivity contribution in [2.45, 2.75) is 19.4 Å². The maximum Gasteiger partial charge on any atom is 0.235 e. The first kappa shape index (κ1) is 9.72. The van der Waals surface area contributed by atoms with E-state index in [1.54, 1.807) is 13.8 Å². The molecule has 0 spiro atoms. The highest BCUT2D eigenvalue weighted by molar-refractivity contribution is 6.27. The van der Waals surface area contributed by atoms with E-state index in [4.69, 9.17) is 16.7 Å². The minimum absolute atomic E-state index is 0.0594. The van der Waals surface area contributed by atoms with Crippen molar-refractivity contribution < 1.29 is 9.90 Å². The third kappa shape index (κ3) is 5.85. The Morgan fingerprint density at radius 1 is 1.70 bits per heavy atom. The maximum atomic E-state index is 10.5. The average Bonchev–Trinajstić information content (AvgIpc) is 1.81. The van der Waals surface area contributed by atoms with Crippen LogP contribution in [0.5, 0.6) is 0 Å². The van der Waals surface area contributed by atoms with Gasteiger partial charge in [0.05, 0.1) is 5.60 Å². The lowest BCUT2D eigenvalue weighted by Gasteiger charge is -2.16. The molecule has 0 fully saturated rings. The molecule has 1 amide bonds. The van der Waals surface area contributed by atoms with E-state index in [1.165, 1.54) is 0 Å². The van der Waals surface area contributed by atoms with E-state index in [-0.39, 0.29) is 18.3 Å². The van der Waals surface area contributed by atoms with E-state index in [0.717, 1.165) is 0 Å². The number of carbonyl (C=O) groups is 1. The standard InChI is InChI=1S/C6H12ClNO2/c1-6(2,10)4-8-5(9)3-7/h10H,3-4H2,1-2H3,(H,8,9). The second kappa shape index (κ2) is 3.78. The molecule has 0 unspecified atom stereocenters. The van der Waals surface area contributed by atoms with Crippen LogP contribution in [-0.2, 0) is 4.79 Å². The fourth-order valence-electron chi connectivity index (χ4n) is 0.362. The van der Waals surface area contributed by atoms with Gasteiger partial charge in [-0.05, 0) is 13.8 Å². The summed E-state index contributed by atoms with van der Waals surface area (Å²) < 4.78 is 0. The predicted octanol–water partition coefficient (Wildman–Crippen LogP) is 0.112. The van der Waals surface area contributed by atoms with Crippen LogP contribution in [0.15, 0.2) is 0 Å². The molecule has 0 heterocycles. The first-order valence-corrected chi connectivity index (χ1v) is 3.54. The highest BCUT2D eigenvalue weighted by Crippen LogP contribution is 1.96. The lowest BCUT2D eigenvalue weighted by molar-refractivity contribution is -0.119. The number of alkyl halides is 1. The van der Waals surface area contributed by atoms with Crippen molar-refractivity contribution in [1.29, 1.82) is 0 Å².